The summed E-state index contributed by atoms with van der Waals surface area (Å²) in [6.45, 7) is 3.06. The minimum absolute atomic E-state index is 0.0887. The number of amides is 1. The molecule has 1 atom stereocenters. The van der Waals surface area contributed by atoms with Crippen molar-refractivity contribution >= 4 is 17.7 Å². The number of carbonyl (C=O) groups is 2. The molecule has 36 heavy (non-hydrogen) atoms. The molecule has 0 aliphatic carbocycles. The van der Waals surface area contributed by atoms with Gasteiger partial charge in [-0.25, -0.2) is 8.78 Å². The number of esters is 1. The van der Waals surface area contributed by atoms with Gasteiger partial charge in [0.2, 0.25) is 0 Å². The Labute approximate surface area is 207 Å². The lowest BCUT2D eigenvalue weighted by Gasteiger charge is -2.32. The number of hydrogen-bond donors (Lipinski definition) is 3. The molecule has 1 heterocycles. The predicted octanol–water partition coefficient (Wildman–Crippen LogP) is 2.88. The third-order valence-electron chi connectivity index (χ3n) is 5.50. The van der Waals surface area contributed by atoms with Crippen LogP contribution in [-0.4, -0.2) is 43.6 Å². The van der Waals surface area contributed by atoms with E-state index in [-0.39, 0.29) is 30.8 Å². The van der Waals surface area contributed by atoms with E-state index in [0.29, 0.717) is 37.2 Å². The molecule has 194 valence electrons. The number of halogens is 2. The van der Waals surface area contributed by atoms with Crippen molar-refractivity contribution in [1.29, 1.82) is 5.41 Å². The van der Waals surface area contributed by atoms with Crippen LogP contribution in [0, 0.1) is 17.0 Å². The highest BCUT2D eigenvalue weighted by molar-refractivity contribution is 5.94. The van der Waals surface area contributed by atoms with Gasteiger partial charge in [-0.1, -0.05) is 24.3 Å². The van der Waals surface area contributed by atoms with Crippen LogP contribution in [0.25, 0.3) is 0 Å². The number of carbonyl (C=O) groups excluding carboxylic acids is 2. The van der Waals surface area contributed by atoms with Crippen LogP contribution in [0.5, 0.6) is 5.75 Å². The van der Waals surface area contributed by atoms with Crippen molar-refractivity contribution in [3.8, 4) is 5.75 Å². The first kappa shape index (κ1) is 27.0. The van der Waals surface area contributed by atoms with Gasteiger partial charge in [0.1, 0.15) is 23.3 Å². The molecule has 2 aromatic rings. The molecule has 0 radical (unpaired) electrons. The highest BCUT2D eigenvalue weighted by Gasteiger charge is 2.50. The van der Waals surface area contributed by atoms with Crippen molar-refractivity contribution in [3.05, 3.63) is 64.7 Å². The zero-order valence-electron chi connectivity index (χ0n) is 20.1. The molecule has 0 saturated carbocycles. The van der Waals surface area contributed by atoms with Gasteiger partial charge >= 0.3 is 11.8 Å². The highest BCUT2D eigenvalue weighted by Crippen LogP contribution is 2.37. The summed E-state index contributed by atoms with van der Waals surface area (Å²) in [6.07, 6.45) is 0.652. The number of benzene rings is 2. The molecule has 9 nitrogen and oxygen atoms in total. The van der Waals surface area contributed by atoms with Gasteiger partial charge in [-0.2, -0.15) is 0 Å². The Bertz CT molecular complexity index is 1110. The maximum atomic E-state index is 15.7. The van der Waals surface area contributed by atoms with Gasteiger partial charge in [0, 0.05) is 38.5 Å². The van der Waals surface area contributed by atoms with Gasteiger partial charge in [-0.15, -0.1) is 0 Å². The van der Waals surface area contributed by atoms with Gasteiger partial charge in [0.05, 0.1) is 13.2 Å². The first-order valence-corrected chi connectivity index (χ1v) is 11.5. The fraction of sp³-hybridized carbons (Fsp3) is 0.400. The largest absolute Gasteiger partial charge is 0.487 e. The standard InChI is InChI=1S/C25H29F2N3O6/c1-3-34-25(36-15(2)31,24(32)30-14-16-4-6-17(7-5-16)23(28)29)21-19(26)8-9-20(22(21)27)35-18-10-12-33-13-11-18/h4-9,18H,3,10-14H2,1-2H3,(H3,28,29)(H,30,32)/t25-/m0/s1. The zero-order chi connectivity index (χ0) is 26.3. The van der Waals surface area contributed by atoms with E-state index in [1.807, 2.05) is 0 Å². The van der Waals surface area contributed by atoms with Crippen molar-refractivity contribution in [2.75, 3.05) is 19.8 Å². The lowest BCUT2D eigenvalue weighted by atomic mass is 10.0. The molecule has 0 spiro atoms. The number of nitrogen functional groups attached to an aromatic ring is 1. The van der Waals surface area contributed by atoms with Crippen molar-refractivity contribution < 1.29 is 37.3 Å². The minimum atomic E-state index is -2.75. The normalized spacial score (nSPS) is 15.6. The summed E-state index contributed by atoms with van der Waals surface area (Å²) in [7, 11) is 0. The molecule has 1 aliphatic rings. The lowest BCUT2D eigenvalue weighted by Crippen LogP contribution is -2.50. The number of nitrogens with one attached hydrogen (secondary N) is 2. The van der Waals surface area contributed by atoms with E-state index in [2.05, 4.69) is 5.32 Å². The molecule has 0 aromatic heterocycles. The monoisotopic (exact) mass is 505 g/mol. The van der Waals surface area contributed by atoms with E-state index in [1.165, 1.54) is 6.92 Å². The second-order valence-electron chi connectivity index (χ2n) is 8.10. The van der Waals surface area contributed by atoms with Crippen molar-refractivity contribution in [1.82, 2.24) is 5.32 Å². The zero-order valence-corrected chi connectivity index (χ0v) is 20.1. The van der Waals surface area contributed by atoms with Crippen molar-refractivity contribution in [2.45, 2.75) is 45.1 Å². The Hall–Kier alpha value is -3.57. The quantitative estimate of drug-likeness (QED) is 0.196. The minimum Gasteiger partial charge on any atom is -0.487 e. The summed E-state index contributed by atoms with van der Waals surface area (Å²) in [5, 5.41) is 9.97. The first-order chi connectivity index (χ1) is 17.2. The predicted molar refractivity (Wildman–Crippen MR) is 125 cm³/mol. The van der Waals surface area contributed by atoms with Crippen LogP contribution in [0.3, 0.4) is 0 Å². The Morgan fingerprint density at radius 3 is 2.42 bits per heavy atom. The molecule has 11 heteroatoms. The second-order valence-corrected chi connectivity index (χ2v) is 8.10. The van der Waals surface area contributed by atoms with E-state index in [9.17, 15) is 9.59 Å². The van der Waals surface area contributed by atoms with E-state index in [0.717, 1.165) is 19.1 Å². The average Bonchev–Trinajstić information content (AvgIpc) is 2.85. The van der Waals surface area contributed by atoms with Gasteiger partial charge < -0.3 is 30.0 Å². The first-order valence-electron chi connectivity index (χ1n) is 11.5. The SMILES string of the molecule is CCO[C@@](OC(C)=O)(C(=O)NCc1ccc(C(=N)N)cc1)c1c(F)ccc(OC2CCOCC2)c1F. The smallest absolute Gasteiger partial charge is 0.326 e. The molecule has 0 bridgehead atoms. The summed E-state index contributed by atoms with van der Waals surface area (Å²) >= 11 is 0. The third-order valence-corrected chi connectivity index (χ3v) is 5.50. The number of amidine groups is 1. The fourth-order valence-electron chi connectivity index (χ4n) is 3.78. The van der Waals surface area contributed by atoms with Crippen LogP contribution in [0.2, 0.25) is 0 Å². The van der Waals surface area contributed by atoms with Crippen LogP contribution in [0.1, 0.15) is 43.4 Å². The molecule has 1 amide bonds. The van der Waals surface area contributed by atoms with Gasteiger partial charge in [0.25, 0.3) is 5.91 Å². The van der Waals surface area contributed by atoms with E-state index in [4.69, 9.17) is 30.1 Å². The lowest BCUT2D eigenvalue weighted by molar-refractivity contribution is -0.233. The van der Waals surface area contributed by atoms with Crippen molar-refractivity contribution in [3.63, 3.8) is 0 Å². The molecule has 3 rings (SSSR count). The Morgan fingerprint density at radius 1 is 1.17 bits per heavy atom. The van der Waals surface area contributed by atoms with Crippen LogP contribution in [0.4, 0.5) is 8.78 Å². The van der Waals surface area contributed by atoms with Crippen LogP contribution in [0.15, 0.2) is 36.4 Å². The number of nitrogens with two attached hydrogens (primary N) is 1. The molecule has 1 saturated heterocycles. The van der Waals surface area contributed by atoms with E-state index < -0.39 is 34.9 Å². The van der Waals surface area contributed by atoms with Gasteiger partial charge in [0.15, 0.2) is 11.6 Å². The molecular formula is C25H29F2N3O6. The summed E-state index contributed by atoms with van der Waals surface area (Å²) in [5.41, 5.74) is 5.63. The van der Waals surface area contributed by atoms with Crippen molar-refractivity contribution in [2.24, 2.45) is 5.73 Å². The molecule has 0 unspecified atom stereocenters. The third kappa shape index (κ3) is 6.16. The molecule has 1 aliphatic heterocycles. The van der Waals surface area contributed by atoms with E-state index in [1.54, 1.807) is 24.3 Å². The average molecular weight is 506 g/mol. The van der Waals surface area contributed by atoms with Gasteiger partial charge in [-0.3, -0.25) is 15.0 Å². The van der Waals surface area contributed by atoms with E-state index >= 15 is 8.78 Å². The summed E-state index contributed by atoms with van der Waals surface area (Å²) < 4.78 is 52.5. The molecule has 2 aromatic carbocycles. The highest BCUT2D eigenvalue weighted by atomic mass is 19.1. The summed E-state index contributed by atoms with van der Waals surface area (Å²) in [4.78, 5) is 25.4. The fourth-order valence-corrected chi connectivity index (χ4v) is 3.78. The summed E-state index contributed by atoms with van der Waals surface area (Å²) in [5.74, 6) is -7.61. The summed E-state index contributed by atoms with van der Waals surface area (Å²) in [6, 6.07) is 8.45. The number of hydrogen-bond acceptors (Lipinski definition) is 7. The van der Waals surface area contributed by atoms with Crippen LogP contribution < -0.4 is 15.8 Å². The topological polar surface area (TPSA) is 133 Å². The maximum absolute atomic E-state index is 15.7. The van der Waals surface area contributed by atoms with Crippen LogP contribution in [-0.2, 0) is 36.1 Å². The Kier molecular flexibility index (Phi) is 8.94. The molecule has 1 fully saturated rings. The number of ether oxygens (including phenoxy) is 4. The molecule has 4 N–H and O–H groups in total. The number of rotatable bonds is 10. The Morgan fingerprint density at radius 2 is 1.83 bits per heavy atom. The van der Waals surface area contributed by atoms with Crippen LogP contribution >= 0.6 is 0 Å². The molecular weight excluding hydrogens is 476 g/mol. The van der Waals surface area contributed by atoms with Gasteiger partial charge in [-0.05, 0) is 24.6 Å². The second kappa shape index (κ2) is 11.9. The Balaban J connectivity index is 1.96. The maximum Gasteiger partial charge on any atom is 0.326 e.